The maximum Gasteiger partial charge on any atom is 0.381 e. The minimum absolute atomic E-state index is 0.117. The standard InChI is InChI=1S/C13H10F16O2/c14-6(15)10(22,23)12(26,27)8(18,19)4-30-2-1-3-31-5-9(20,21)13(28,29)11(24,25)7(16)17/h1-2,6-7H,3-5H2/b2-1+. The molecule has 31 heavy (non-hydrogen) atoms. The average Bonchev–Trinajstić information content (AvgIpc) is 2.59. The van der Waals surface area contributed by atoms with Gasteiger partial charge < -0.3 is 9.47 Å². The lowest BCUT2D eigenvalue weighted by atomic mass is 10.1. The van der Waals surface area contributed by atoms with Gasteiger partial charge in [0.25, 0.3) is 0 Å². The topological polar surface area (TPSA) is 18.5 Å². The first-order valence-electron chi connectivity index (χ1n) is 7.27. The van der Waals surface area contributed by atoms with Gasteiger partial charge in [0, 0.05) is 0 Å². The second-order valence-electron chi connectivity index (χ2n) is 5.60. The first kappa shape index (κ1) is 29.4. The molecule has 0 aliphatic carbocycles. The Labute approximate surface area is 161 Å². The summed E-state index contributed by atoms with van der Waals surface area (Å²) in [5.41, 5.74) is 0. The van der Waals surface area contributed by atoms with Crippen LogP contribution in [-0.4, -0.2) is 68.2 Å². The third-order valence-electron chi connectivity index (χ3n) is 3.26. The summed E-state index contributed by atoms with van der Waals surface area (Å²) < 4.78 is 208. The smallest absolute Gasteiger partial charge is 0.381 e. The molecule has 0 aromatic carbocycles. The fraction of sp³-hybridized carbons (Fsp3) is 0.846. The van der Waals surface area contributed by atoms with Gasteiger partial charge in [-0.05, 0) is 6.08 Å². The van der Waals surface area contributed by atoms with Crippen LogP contribution in [0.1, 0.15) is 0 Å². The highest BCUT2D eigenvalue weighted by Crippen LogP contribution is 2.49. The molecule has 186 valence electrons. The van der Waals surface area contributed by atoms with Crippen molar-refractivity contribution in [2.45, 2.75) is 48.4 Å². The third-order valence-corrected chi connectivity index (χ3v) is 3.26. The Bertz CT molecular complexity index is 600. The molecule has 0 spiro atoms. The molecule has 18 heteroatoms. The average molecular weight is 502 g/mol. The molecule has 0 radical (unpaired) electrons. The van der Waals surface area contributed by atoms with Gasteiger partial charge >= 0.3 is 48.4 Å². The second-order valence-corrected chi connectivity index (χ2v) is 5.60. The van der Waals surface area contributed by atoms with Crippen LogP contribution in [0.2, 0.25) is 0 Å². The van der Waals surface area contributed by atoms with E-state index in [1.54, 1.807) is 0 Å². The predicted octanol–water partition coefficient (Wildman–Crippen LogP) is 5.88. The highest BCUT2D eigenvalue weighted by Gasteiger charge is 2.76. The molecular formula is C13H10F16O2. The van der Waals surface area contributed by atoms with Crippen LogP contribution in [0.3, 0.4) is 0 Å². The van der Waals surface area contributed by atoms with Gasteiger partial charge in [0.15, 0.2) is 6.61 Å². The molecule has 0 rings (SSSR count). The fourth-order valence-electron chi connectivity index (χ4n) is 1.46. The summed E-state index contributed by atoms with van der Waals surface area (Å²) in [6.45, 7) is -6.61. The van der Waals surface area contributed by atoms with Crippen molar-refractivity contribution >= 4 is 0 Å². The van der Waals surface area contributed by atoms with Crippen LogP contribution in [-0.2, 0) is 9.47 Å². The number of hydrogen-bond donors (Lipinski definition) is 0. The molecule has 0 bridgehead atoms. The third kappa shape index (κ3) is 5.79. The van der Waals surface area contributed by atoms with Gasteiger partial charge in [-0.3, -0.25) is 0 Å². The van der Waals surface area contributed by atoms with Gasteiger partial charge in [-0.15, -0.1) is 0 Å². The molecule has 2 nitrogen and oxygen atoms in total. The van der Waals surface area contributed by atoms with E-state index in [4.69, 9.17) is 0 Å². The van der Waals surface area contributed by atoms with Crippen LogP contribution in [0.15, 0.2) is 12.3 Å². The first-order valence-corrected chi connectivity index (χ1v) is 7.27. The Morgan fingerprint density at radius 3 is 1.29 bits per heavy atom. The largest absolute Gasteiger partial charge is 0.495 e. The molecule has 0 N–H and O–H groups in total. The van der Waals surface area contributed by atoms with Crippen LogP contribution in [0.5, 0.6) is 0 Å². The van der Waals surface area contributed by atoms with E-state index in [-0.39, 0.29) is 12.3 Å². The van der Waals surface area contributed by atoms with Crippen LogP contribution >= 0.6 is 0 Å². The van der Waals surface area contributed by atoms with Gasteiger partial charge in [-0.2, -0.15) is 52.7 Å². The van der Waals surface area contributed by atoms with Crippen molar-refractivity contribution in [3.8, 4) is 0 Å². The van der Waals surface area contributed by atoms with Crippen molar-refractivity contribution in [3.63, 3.8) is 0 Å². The van der Waals surface area contributed by atoms with E-state index in [9.17, 15) is 70.2 Å². The molecule has 0 fully saturated rings. The summed E-state index contributed by atoms with van der Waals surface area (Å²) >= 11 is 0. The summed E-state index contributed by atoms with van der Waals surface area (Å²) in [6.07, 6.45) is -10.3. The summed E-state index contributed by atoms with van der Waals surface area (Å²) in [5, 5.41) is 0. The van der Waals surface area contributed by atoms with E-state index in [1.807, 2.05) is 0 Å². The van der Waals surface area contributed by atoms with Crippen molar-refractivity contribution in [1.29, 1.82) is 0 Å². The molecule has 0 aromatic heterocycles. The van der Waals surface area contributed by atoms with Crippen LogP contribution in [0.4, 0.5) is 70.2 Å². The Morgan fingerprint density at radius 2 is 0.935 bits per heavy atom. The molecule has 0 aliphatic heterocycles. The van der Waals surface area contributed by atoms with Crippen molar-refractivity contribution < 1.29 is 79.7 Å². The zero-order valence-electron chi connectivity index (χ0n) is 14.3. The van der Waals surface area contributed by atoms with E-state index in [0.717, 1.165) is 0 Å². The Hall–Kier alpha value is -1.62. The highest BCUT2D eigenvalue weighted by molar-refractivity contribution is 4.99. The summed E-state index contributed by atoms with van der Waals surface area (Å²) in [5.74, 6) is -37.9. The van der Waals surface area contributed by atoms with Gasteiger partial charge in [0.05, 0.1) is 12.9 Å². The molecule has 0 aliphatic rings. The van der Waals surface area contributed by atoms with Gasteiger partial charge in [0.2, 0.25) is 0 Å². The van der Waals surface area contributed by atoms with Gasteiger partial charge in [-0.1, -0.05) is 0 Å². The molecular weight excluding hydrogens is 492 g/mol. The van der Waals surface area contributed by atoms with E-state index < -0.39 is 68.2 Å². The van der Waals surface area contributed by atoms with Crippen molar-refractivity contribution in [2.75, 3.05) is 19.8 Å². The Kier molecular flexibility index (Phi) is 8.98. The molecule has 0 heterocycles. The molecule has 0 atom stereocenters. The number of alkyl halides is 16. The lowest BCUT2D eigenvalue weighted by Gasteiger charge is -2.32. The fourth-order valence-corrected chi connectivity index (χ4v) is 1.46. The van der Waals surface area contributed by atoms with E-state index in [2.05, 4.69) is 9.47 Å². The molecule has 0 saturated heterocycles. The van der Waals surface area contributed by atoms with Gasteiger partial charge in [0.1, 0.15) is 6.61 Å². The SMILES string of the molecule is FC(F)C(F)(F)C(F)(F)C(F)(F)CO/C=C/COCC(F)(F)C(F)(F)C(F)(F)C(F)F. The van der Waals surface area contributed by atoms with E-state index >= 15 is 0 Å². The van der Waals surface area contributed by atoms with Gasteiger partial charge in [-0.25, -0.2) is 17.6 Å². The van der Waals surface area contributed by atoms with E-state index in [0.29, 0.717) is 0 Å². The lowest BCUT2D eigenvalue weighted by Crippen LogP contribution is -2.59. The number of halogens is 16. The lowest BCUT2D eigenvalue weighted by molar-refractivity contribution is -0.345. The van der Waals surface area contributed by atoms with Crippen LogP contribution in [0.25, 0.3) is 0 Å². The van der Waals surface area contributed by atoms with Crippen LogP contribution < -0.4 is 0 Å². The molecule has 0 amide bonds. The maximum absolute atomic E-state index is 13.0. The Balaban J connectivity index is 4.80. The summed E-state index contributed by atoms with van der Waals surface area (Å²) in [6, 6.07) is 0. The second kappa shape index (κ2) is 9.48. The summed E-state index contributed by atoms with van der Waals surface area (Å²) in [7, 11) is 0. The minimum Gasteiger partial charge on any atom is -0.495 e. The summed E-state index contributed by atoms with van der Waals surface area (Å²) in [4.78, 5) is 0. The normalized spacial score (nSPS) is 15.4. The van der Waals surface area contributed by atoms with Crippen molar-refractivity contribution in [3.05, 3.63) is 12.3 Å². The number of rotatable bonds is 13. The molecule has 0 aromatic rings. The zero-order chi connectivity index (χ0) is 25.1. The van der Waals surface area contributed by atoms with Crippen molar-refractivity contribution in [2.24, 2.45) is 0 Å². The monoisotopic (exact) mass is 502 g/mol. The van der Waals surface area contributed by atoms with Crippen LogP contribution in [0, 0.1) is 0 Å². The molecule has 0 saturated carbocycles. The quantitative estimate of drug-likeness (QED) is 0.178. The zero-order valence-corrected chi connectivity index (χ0v) is 14.3. The first-order chi connectivity index (χ1) is 13.6. The highest BCUT2D eigenvalue weighted by atomic mass is 19.4. The predicted molar refractivity (Wildman–Crippen MR) is 67.6 cm³/mol. The molecule has 0 unspecified atom stereocenters. The van der Waals surface area contributed by atoms with Crippen molar-refractivity contribution in [1.82, 2.24) is 0 Å². The van der Waals surface area contributed by atoms with E-state index in [1.165, 1.54) is 0 Å². The number of hydrogen-bond acceptors (Lipinski definition) is 2. The Morgan fingerprint density at radius 1 is 0.581 bits per heavy atom. The maximum atomic E-state index is 13.0. The number of ether oxygens (including phenoxy) is 2. The minimum atomic E-state index is -6.60.